The molecule has 138 valence electrons. The van der Waals surface area contributed by atoms with E-state index in [9.17, 15) is 14.0 Å². The Morgan fingerprint density at radius 3 is 3.00 bits per heavy atom. The Morgan fingerprint density at radius 2 is 2.23 bits per heavy atom. The van der Waals surface area contributed by atoms with Crippen molar-refractivity contribution in [2.24, 2.45) is 5.73 Å². The molecule has 2 atom stereocenters. The highest BCUT2D eigenvalue weighted by Crippen LogP contribution is 2.31. The molecule has 0 spiro atoms. The molecule has 0 aliphatic carbocycles. The molecule has 1 aromatic carbocycles. The molecule has 1 aliphatic heterocycles. The summed E-state index contributed by atoms with van der Waals surface area (Å²) >= 11 is 0. The lowest BCUT2D eigenvalue weighted by Crippen LogP contribution is -2.25. The first kappa shape index (κ1) is 17.9. The minimum atomic E-state index is -1.65. The van der Waals surface area contributed by atoms with Crippen LogP contribution in [0, 0.1) is 0 Å². The number of nitrogens with zero attached hydrogens (tertiary/aromatic N) is 1. The maximum absolute atomic E-state index is 14.2. The zero-order valence-corrected chi connectivity index (χ0v) is 14.2. The van der Waals surface area contributed by atoms with Gasteiger partial charge in [-0.1, -0.05) is 0 Å². The fraction of sp³-hybridized carbons (Fsp3) is 0.353. The van der Waals surface area contributed by atoms with E-state index >= 15 is 0 Å². The van der Waals surface area contributed by atoms with Gasteiger partial charge in [0.2, 0.25) is 0 Å². The number of fused-ring (bicyclic) bond motifs is 4. The van der Waals surface area contributed by atoms with Crippen molar-refractivity contribution in [3.8, 4) is 11.3 Å². The highest BCUT2D eigenvalue weighted by Gasteiger charge is 2.22. The molecule has 2 amide bonds. The Kier molecular flexibility index (Phi) is 5.17. The molecule has 2 bridgehead atoms. The van der Waals surface area contributed by atoms with E-state index in [1.807, 2.05) is 0 Å². The van der Waals surface area contributed by atoms with Gasteiger partial charge in [0, 0.05) is 17.4 Å². The SMILES string of the molecule is COC(=O)Nc1ccc2c(c1)NC(=O)C(F)CCC[C@H](N)c1nc-2c[nH]1. The van der Waals surface area contributed by atoms with Crippen molar-refractivity contribution in [2.75, 3.05) is 17.7 Å². The van der Waals surface area contributed by atoms with Crippen molar-refractivity contribution in [1.82, 2.24) is 9.97 Å². The molecule has 1 aromatic heterocycles. The molecule has 26 heavy (non-hydrogen) atoms. The Labute approximate surface area is 149 Å². The molecule has 9 heteroatoms. The number of ether oxygens (including phenoxy) is 1. The van der Waals surface area contributed by atoms with Crippen LogP contribution in [0.1, 0.15) is 31.1 Å². The number of aromatic amines is 1. The van der Waals surface area contributed by atoms with E-state index in [1.165, 1.54) is 13.2 Å². The predicted octanol–water partition coefficient (Wildman–Crippen LogP) is 2.72. The number of rotatable bonds is 1. The van der Waals surface area contributed by atoms with Crippen LogP contribution in [0.5, 0.6) is 0 Å². The summed E-state index contributed by atoms with van der Waals surface area (Å²) in [7, 11) is 1.24. The van der Waals surface area contributed by atoms with Gasteiger partial charge in [-0.05, 0) is 37.5 Å². The summed E-state index contributed by atoms with van der Waals surface area (Å²) in [6.07, 6.45) is 0.438. The number of hydrogen-bond acceptors (Lipinski definition) is 5. The number of nitrogens with one attached hydrogen (secondary N) is 3. The summed E-state index contributed by atoms with van der Waals surface area (Å²) in [4.78, 5) is 31.1. The number of hydrogen-bond donors (Lipinski definition) is 4. The summed E-state index contributed by atoms with van der Waals surface area (Å²) in [5.41, 5.74) is 7.95. The fourth-order valence-corrected chi connectivity index (χ4v) is 2.78. The minimum absolute atomic E-state index is 0.0720. The van der Waals surface area contributed by atoms with Crippen molar-refractivity contribution in [3.05, 3.63) is 30.2 Å². The second kappa shape index (κ2) is 7.52. The molecule has 2 heterocycles. The summed E-state index contributed by atoms with van der Waals surface area (Å²) in [6.45, 7) is 0. The van der Waals surface area contributed by atoms with Gasteiger partial charge in [-0.15, -0.1) is 0 Å². The van der Waals surface area contributed by atoms with Crippen molar-refractivity contribution in [1.29, 1.82) is 0 Å². The first-order valence-corrected chi connectivity index (χ1v) is 8.23. The average molecular weight is 361 g/mol. The third-order valence-corrected chi connectivity index (χ3v) is 4.19. The van der Waals surface area contributed by atoms with Gasteiger partial charge in [0.25, 0.3) is 5.91 Å². The molecule has 2 aromatic rings. The van der Waals surface area contributed by atoms with Gasteiger partial charge in [-0.3, -0.25) is 10.1 Å². The average Bonchev–Trinajstić information content (AvgIpc) is 3.10. The smallest absolute Gasteiger partial charge is 0.411 e. The first-order chi connectivity index (χ1) is 12.5. The molecule has 5 N–H and O–H groups in total. The standard InChI is InChI=1S/C17H20FN5O3/c1-26-17(25)21-9-5-6-10-13(7-9)23-16(24)11(18)3-2-4-12(19)15-20-8-14(10)22-15/h5-8,11-12H,2-4,19H2,1H3,(H,20,22)(H,21,25)(H,23,24)/t11?,12-/m0/s1. The maximum atomic E-state index is 14.2. The van der Waals surface area contributed by atoms with Gasteiger partial charge >= 0.3 is 6.09 Å². The normalized spacial score (nSPS) is 20.2. The van der Waals surface area contributed by atoms with Crippen LogP contribution >= 0.6 is 0 Å². The van der Waals surface area contributed by atoms with Crippen LogP contribution in [0.4, 0.5) is 20.6 Å². The number of nitrogens with two attached hydrogens (primary N) is 1. The molecule has 0 saturated carbocycles. The number of anilines is 2. The molecular weight excluding hydrogens is 341 g/mol. The number of alkyl halides is 1. The van der Waals surface area contributed by atoms with E-state index in [4.69, 9.17) is 5.73 Å². The zero-order chi connectivity index (χ0) is 18.7. The second-order valence-electron chi connectivity index (χ2n) is 6.04. The van der Waals surface area contributed by atoms with Crippen molar-refractivity contribution in [2.45, 2.75) is 31.5 Å². The highest BCUT2D eigenvalue weighted by atomic mass is 19.1. The van der Waals surface area contributed by atoms with E-state index < -0.39 is 18.2 Å². The Bertz CT molecular complexity index is 822. The largest absolute Gasteiger partial charge is 0.453 e. The zero-order valence-electron chi connectivity index (χ0n) is 14.2. The number of carbonyl (C=O) groups is 2. The Hall–Kier alpha value is -2.94. The molecule has 1 unspecified atom stereocenters. The second-order valence-corrected chi connectivity index (χ2v) is 6.04. The summed E-state index contributed by atoms with van der Waals surface area (Å²) in [5.74, 6) is -0.142. The van der Waals surface area contributed by atoms with E-state index in [-0.39, 0.29) is 12.5 Å². The number of H-pyrrole nitrogens is 1. The molecule has 0 fully saturated rings. The van der Waals surface area contributed by atoms with Crippen LogP contribution in [0.3, 0.4) is 0 Å². The predicted molar refractivity (Wildman–Crippen MR) is 94.4 cm³/mol. The van der Waals surface area contributed by atoms with Crippen molar-refractivity contribution >= 4 is 23.4 Å². The monoisotopic (exact) mass is 361 g/mol. The number of methoxy groups -OCH3 is 1. The molecule has 3 rings (SSSR count). The van der Waals surface area contributed by atoms with Crippen molar-refractivity contribution < 1.29 is 18.7 Å². The van der Waals surface area contributed by atoms with Gasteiger partial charge in [0.15, 0.2) is 6.17 Å². The van der Waals surface area contributed by atoms with Crippen LogP contribution in [0.15, 0.2) is 24.4 Å². The van der Waals surface area contributed by atoms with Gasteiger partial charge in [0.1, 0.15) is 5.82 Å². The van der Waals surface area contributed by atoms with Gasteiger partial charge in [-0.25, -0.2) is 14.2 Å². The first-order valence-electron chi connectivity index (χ1n) is 8.23. The van der Waals surface area contributed by atoms with E-state index in [0.29, 0.717) is 41.3 Å². The highest BCUT2D eigenvalue weighted by molar-refractivity contribution is 5.99. The molecule has 0 saturated heterocycles. The molecule has 1 aliphatic rings. The number of carbonyl (C=O) groups excluding carboxylic acids is 2. The lowest BCUT2D eigenvalue weighted by molar-refractivity contribution is -0.121. The lowest BCUT2D eigenvalue weighted by Gasteiger charge is -2.16. The Morgan fingerprint density at radius 1 is 1.42 bits per heavy atom. The third-order valence-electron chi connectivity index (χ3n) is 4.19. The molecule has 0 radical (unpaired) electrons. The fourth-order valence-electron chi connectivity index (χ4n) is 2.78. The quantitative estimate of drug-likeness (QED) is 0.622. The maximum Gasteiger partial charge on any atom is 0.411 e. The van der Waals surface area contributed by atoms with Crippen LogP contribution in [-0.4, -0.2) is 35.2 Å². The van der Waals surface area contributed by atoms with Crippen LogP contribution in [0.25, 0.3) is 11.3 Å². The number of amides is 2. The van der Waals surface area contributed by atoms with E-state index in [1.54, 1.807) is 18.3 Å². The van der Waals surface area contributed by atoms with Crippen molar-refractivity contribution in [3.63, 3.8) is 0 Å². The van der Waals surface area contributed by atoms with Gasteiger partial charge in [0.05, 0.1) is 24.5 Å². The number of halogens is 1. The summed E-state index contributed by atoms with van der Waals surface area (Å²) in [6, 6.07) is 4.47. The Balaban J connectivity index is 2.03. The van der Waals surface area contributed by atoms with Crippen LogP contribution in [-0.2, 0) is 9.53 Å². The number of aromatic nitrogens is 2. The lowest BCUT2D eigenvalue weighted by atomic mass is 10.1. The van der Waals surface area contributed by atoms with E-state index in [0.717, 1.165) is 0 Å². The molecule has 8 nitrogen and oxygen atoms in total. The van der Waals surface area contributed by atoms with Crippen LogP contribution in [0.2, 0.25) is 0 Å². The number of imidazole rings is 1. The third kappa shape index (κ3) is 3.83. The van der Waals surface area contributed by atoms with Crippen LogP contribution < -0.4 is 16.4 Å². The minimum Gasteiger partial charge on any atom is -0.453 e. The summed E-state index contributed by atoms with van der Waals surface area (Å²) in [5, 5.41) is 5.09. The van der Waals surface area contributed by atoms with Gasteiger partial charge in [-0.2, -0.15) is 0 Å². The molecular formula is C17H20FN5O3. The number of benzene rings is 1. The van der Waals surface area contributed by atoms with E-state index in [2.05, 4.69) is 25.3 Å². The topological polar surface area (TPSA) is 122 Å². The van der Waals surface area contributed by atoms with Gasteiger partial charge < -0.3 is 20.8 Å². The summed E-state index contributed by atoms with van der Waals surface area (Å²) < 4.78 is 18.7.